The second-order valence-corrected chi connectivity index (χ2v) is 10.4. The summed E-state index contributed by atoms with van der Waals surface area (Å²) in [6, 6.07) is 9.33. The molecule has 2 heterocycles. The summed E-state index contributed by atoms with van der Waals surface area (Å²) in [5.41, 5.74) is 1.12. The summed E-state index contributed by atoms with van der Waals surface area (Å²) < 4.78 is 62.4. The van der Waals surface area contributed by atoms with Gasteiger partial charge in [-0.3, -0.25) is 4.79 Å². The number of nitrogens with zero attached hydrogens (tertiary/aromatic N) is 3. The highest BCUT2D eigenvalue weighted by Crippen LogP contribution is 2.31. The van der Waals surface area contributed by atoms with E-state index in [1.165, 1.54) is 18.7 Å². The lowest BCUT2D eigenvalue weighted by Crippen LogP contribution is -2.56. The van der Waals surface area contributed by atoms with E-state index in [0.29, 0.717) is 38.4 Å². The summed E-state index contributed by atoms with van der Waals surface area (Å²) in [5, 5.41) is -0.558. The molecule has 1 aliphatic rings. The number of carbonyl (C=O) groups is 1. The number of aromatic nitrogens is 1. The van der Waals surface area contributed by atoms with Gasteiger partial charge in [-0.25, -0.2) is 13.4 Å². The van der Waals surface area contributed by atoms with Crippen LogP contribution in [0.1, 0.15) is 25.0 Å². The van der Waals surface area contributed by atoms with Crippen molar-refractivity contribution in [3.05, 3.63) is 53.7 Å². The number of sulfone groups is 1. The van der Waals surface area contributed by atoms with Crippen molar-refractivity contribution in [2.75, 3.05) is 31.1 Å². The molecule has 168 valence electrons. The molecule has 0 saturated carbocycles. The Hall–Kier alpha value is -2.62. The Morgan fingerprint density at radius 2 is 1.61 bits per heavy atom. The van der Waals surface area contributed by atoms with Crippen molar-refractivity contribution >= 4 is 21.4 Å². The largest absolute Gasteiger partial charge is 0.417 e. The van der Waals surface area contributed by atoms with E-state index < -0.39 is 37.3 Å². The molecule has 1 aromatic heterocycles. The molecule has 0 radical (unpaired) electrons. The van der Waals surface area contributed by atoms with E-state index >= 15 is 0 Å². The van der Waals surface area contributed by atoms with E-state index in [1.807, 2.05) is 31.2 Å². The topological polar surface area (TPSA) is 70.6 Å². The number of carbonyl (C=O) groups excluding carboxylic acids is 1. The number of pyridine rings is 1. The third kappa shape index (κ3) is 4.39. The summed E-state index contributed by atoms with van der Waals surface area (Å²) in [5.74, 6) is -0.598. The minimum atomic E-state index is -4.63. The fourth-order valence-electron chi connectivity index (χ4n) is 3.53. The van der Waals surface area contributed by atoms with Crippen molar-refractivity contribution in [2.45, 2.75) is 36.7 Å². The second-order valence-electron chi connectivity index (χ2n) is 7.96. The van der Waals surface area contributed by atoms with E-state index in [-0.39, 0.29) is 0 Å². The van der Waals surface area contributed by atoms with Gasteiger partial charge < -0.3 is 9.80 Å². The maximum atomic E-state index is 13.1. The first-order valence-corrected chi connectivity index (χ1v) is 11.2. The Kier molecular flexibility index (Phi) is 6.05. The smallest absolute Gasteiger partial charge is 0.368 e. The van der Waals surface area contributed by atoms with Crippen LogP contribution in [-0.4, -0.2) is 55.1 Å². The molecule has 1 saturated heterocycles. The molecule has 3 rings (SSSR count). The number of amides is 1. The van der Waals surface area contributed by atoms with Crippen molar-refractivity contribution in [3.8, 4) is 0 Å². The number of rotatable bonds is 4. The highest BCUT2D eigenvalue weighted by molar-refractivity contribution is 7.93. The molecular formula is C21H24F3N3O3S. The third-order valence-corrected chi connectivity index (χ3v) is 7.86. The normalized spacial score (nSPS) is 15.8. The van der Waals surface area contributed by atoms with Gasteiger partial charge >= 0.3 is 6.18 Å². The number of alkyl halides is 3. The van der Waals surface area contributed by atoms with E-state index in [0.717, 1.165) is 17.3 Å². The Bertz CT molecular complexity index is 1060. The monoisotopic (exact) mass is 455 g/mol. The summed E-state index contributed by atoms with van der Waals surface area (Å²) >= 11 is 0. The highest BCUT2D eigenvalue weighted by Gasteiger charge is 2.46. The number of aryl methyl sites for hydroxylation is 1. The maximum absolute atomic E-state index is 13.1. The summed E-state index contributed by atoms with van der Waals surface area (Å²) in [6.45, 7) is 6.30. The second kappa shape index (κ2) is 8.14. The summed E-state index contributed by atoms with van der Waals surface area (Å²) in [4.78, 5) is 20.2. The fraction of sp³-hybridized carbons (Fsp3) is 0.429. The standard InChI is InChI=1S/C21H24F3N3O3S/c1-15-6-4-5-7-17(15)26-10-12-27(13-11-26)19(28)20(2,3)31(29,30)18-9-8-16(14-25-18)21(22,23)24/h4-9,14H,10-13H2,1-3H3. The Morgan fingerprint density at radius 3 is 2.13 bits per heavy atom. The number of anilines is 1. The Labute approximate surface area is 179 Å². The lowest BCUT2D eigenvalue weighted by Gasteiger charge is -2.39. The molecule has 1 aromatic carbocycles. The van der Waals surface area contributed by atoms with Crippen molar-refractivity contribution in [1.82, 2.24) is 9.88 Å². The number of hydrogen-bond donors (Lipinski definition) is 0. The van der Waals surface area contributed by atoms with E-state index in [1.54, 1.807) is 0 Å². The van der Waals surface area contributed by atoms with Gasteiger partial charge in [-0.05, 0) is 44.5 Å². The lowest BCUT2D eigenvalue weighted by molar-refractivity contribution is -0.138. The number of piperazine rings is 1. The predicted octanol–water partition coefficient (Wildman–Crippen LogP) is 3.31. The maximum Gasteiger partial charge on any atom is 0.417 e. The lowest BCUT2D eigenvalue weighted by atomic mass is 10.1. The fourth-order valence-corrected chi connectivity index (χ4v) is 4.85. The minimum Gasteiger partial charge on any atom is -0.368 e. The van der Waals surface area contributed by atoms with E-state index in [4.69, 9.17) is 0 Å². The molecule has 0 N–H and O–H groups in total. The number of hydrogen-bond acceptors (Lipinski definition) is 5. The first-order chi connectivity index (χ1) is 14.4. The van der Waals surface area contributed by atoms with Crippen LogP contribution in [0.3, 0.4) is 0 Å². The van der Waals surface area contributed by atoms with E-state index in [2.05, 4.69) is 9.88 Å². The van der Waals surface area contributed by atoms with Gasteiger partial charge in [-0.2, -0.15) is 13.2 Å². The molecule has 0 atom stereocenters. The van der Waals surface area contributed by atoms with Gasteiger partial charge in [0.1, 0.15) is 0 Å². The predicted molar refractivity (Wildman–Crippen MR) is 110 cm³/mol. The molecule has 31 heavy (non-hydrogen) atoms. The zero-order valence-corrected chi connectivity index (χ0v) is 18.3. The minimum absolute atomic E-state index is 0.340. The number of benzene rings is 1. The number of halogens is 3. The van der Waals surface area contributed by atoms with Gasteiger partial charge in [0.25, 0.3) is 0 Å². The number of para-hydroxylation sites is 1. The highest BCUT2D eigenvalue weighted by atomic mass is 32.2. The molecule has 2 aromatic rings. The van der Waals surface area contributed by atoms with Crippen LogP contribution in [0.5, 0.6) is 0 Å². The zero-order valence-electron chi connectivity index (χ0n) is 17.5. The van der Waals surface area contributed by atoms with Crippen LogP contribution < -0.4 is 4.90 Å². The zero-order chi connectivity index (χ0) is 23.0. The molecular weight excluding hydrogens is 431 g/mol. The molecule has 1 fully saturated rings. The van der Waals surface area contributed by atoms with Gasteiger partial charge in [0.15, 0.2) is 9.77 Å². The molecule has 0 spiro atoms. The molecule has 6 nitrogen and oxygen atoms in total. The van der Waals surface area contributed by atoms with Crippen LogP contribution in [-0.2, 0) is 20.8 Å². The van der Waals surface area contributed by atoms with Gasteiger partial charge in [0.05, 0.1) is 5.56 Å². The van der Waals surface area contributed by atoms with Crippen LogP contribution in [0, 0.1) is 6.92 Å². The average Bonchev–Trinajstić information content (AvgIpc) is 2.73. The summed E-state index contributed by atoms with van der Waals surface area (Å²) in [6.07, 6.45) is -4.16. The first-order valence-electron chi connectivity index (χ1n) is 9.73. The Morgan fingerprint density at radius 1 is 1.00 bits per heavy atom. The Balaban J connectivity index is 1.75. The van der Waals surface area contributed by atoms with Gasteiger partial charge in [-0.1, -0.05) is 18.2 Å². The molecule has 0 aliphatic carbocycles. The van der Waals surface area contributed by atoms with Crippen molar-refractivity contribution in [3.63, 3.8) is 0 Å². The third-order valence-electron chi connectivity index (χ3n) is 5.55. The van der Waals surface area contributed by atoms with Gasteiger partial charge in [0, 0.05) is 38.1 Å². The molecule has 0 bridgehead atoms. The first kappa shape index (κ1) is 23.1. The molecule has 10 heteroatoms. The van der Waals surface area contributed by atoms with E-state index in [9.17, 15) is 26.4 Å². The summed E-state index contributed by atoms with van der Waals surface area (Å²) in [7, 11) is -4.31. The van der Waals surface area contributed by atoms with Gasteiger partial charge in [-0.15, -0.1) is 0 Å². The SMILES string of the molecule is Cc1ccccc1N1CCN(C(=O)C(C)(C)S(=O)(=O)c2ccc(C(F)(F)F)cn2)CC1. The molecule has 0 unspecified atom stereocenters. The van der Waals surface area contributed by atoms with Crippen LogP contribution in [0.2, 0.25) is 0 Å². The molecule has 1 aliphatic heterocycles. The van der Waals surface area contributed by atoms with Crippen LogP contribution in [0.4, 0.5) is 18.9 Å². The van der Waals surface area contributed by atoms with Crippen molar-refractivity contribution in [2.24, 2.45) is 0 Å². The van der Waals surface area contributed by atoms with Gasteiger partial charge in [0.2, 0.25) is 15.7 Å². The van der Waals surface area contributed by atoms with Crippen molar-refractivity contribution in [1.29, 1.82) is 0 Å². The van der Waals surface area contributed by atoms with Crippen LogP contribution >= 0.6 is 0 Å². The van der Waals surface area contributed by atoms with Crippen molar-refractivity contribution < 1.29 is 26.4 Å². The molecule has 1 amide bonds. The quantitative estimate of drug-likeness (QED) is 0.708. The van der Waals surface area contributed by atoms with Crippen LogP contribution in [0.15, 0.2) is 47.6 Å². The van der Waals surface area contributed by atoms with Crippen LogP contribution in [0.25, 0.3) is 0 Å². The average molecular weight is 456 g/mol.